The molecule has 5 nitrogen and oxygen atoms in total. The maximum absolute atomic E-state index is 11.8. The normalized spacial score (nSPS) is 11.4. The van der Waals surface area contributed by atoms with Gasteiger partial charge in [-0.2, -0.15) is 0 Å². The number of benzene rings is 1. The highest BCUT2D eigenvalue weighted by Gasteiger charge is 2.11. The minimum atomic E-state index is -3.39. The Morgan fingerprint density at radius 2 is 2.00 bits per heavy atom. The third-order valence-electron chi connectivity index (χ3n) is 2.20. The number of rotatable bonds is 5. The molecule has 1 rings (SSSR count). The Hall–Kier alpha value is -1.27. The number of hydrogen-bond donors (Lipinski definition) is 2. The van der Waals surface area contributed by atoms with Crippen molar-refractivity contribution in [2.75, 3.05) is 17.5 Å². The number of halogens is 1. The van der Waals surface area contributed by atoms with Crippen molar-refractivity contribution in [1.82, 2.24) is 5.32 Å². The van der Waals surface area contributed by atoms with E-state index in [1.54, 1.807) is 0 Å². The van der Waals surface area contributed by atoms with Crippen LogP contribution in [0.1, 0.15) is 24.2 Å². The molecule has 0 aliphatic rings. The second kappa shape index (κ2) is 6.25. The molecule has 1 amide bonds. The zero-order valence-corrected chi connectivity index (χ0v) is 12.6. The Morgan fingerprint density at radius 3 is 2.47 bits per heavy atom. The van der Waals surface area contributed by atoms with Gasteiger partial charge in [-0.1, -0.05) is 25.4 Å². The lowest BCUT2D eigenvalue weighted by molar-refractivity contribution is 0.0949. The molecule has 1 aromatic carbocycles. The molecule has 7 heteroatoms. The van der Waals surface area contributed by atoms with E-state index in [0.717, 1.165) is 6.26 Å². The standard InChI is InChI=1S/C12H17ClN2O3S/c1-8(2)7-14-12(16)9-4-5-11(10(13)6-9)15-19(3,17)18/h4-6,8,15H,7H2,1-3H3,(H,14,16). The Kier molecular flexibility index (Phi) is 5.20. The summed E-state index contributed by atoms with van der Waals surface area (Å²) in [4.78, 5) is 11.8. The van der Waals surface area contributed by atoms with Crippen molar-refractivity contribution in [1.29, 1.82) is 0 Å². The highest BCUT2D eigenvalue weighted by molar-refractivity contribution is 7.92. The summed E-state index contributed by atoms with van der Waals surface area (Å²) < 4.78 is 24.5. The molecular formula is C12H17ClN2O3S. The Balaban J connectivity index is 2.85. The topological polar surface area (TPSA) is 75.3 Å². The predicted octanol–water partition coefficient (Wildman–Crippen LogP) is 2.10. The van der Waals surface area contributed by atoms with Crippen LogP contribution < -0.4 is 10.0 Å². The molecule has 0 aromatic heterocycles. The fourth-order valence-electron chi connectivity index (χ4n) is 1.34. The molecule has 1 aromatic rings. The van der Waals surface area contributed by atoms with Gasteiger partial charge in [0.2, 0.25) is 10.0 Å². The molecule has 0 aliphatic carbocycles. The van der Waals surface area contributed by atoms with Crippen molar-refractivity contribution in [3.05, 3.63) is 28.8 Å². The number of sulfonamides is 1. The van der Waals surface area contributed by atoms with Gasteiger partial charge >= 0.3 is 0 Å². The van der Waals surface area contributed by atoms with E-state index < -0.39 is 10.0 Å². The van der Waals surface area contributed by atoms with Crippen LogP contribution >= 0.6 is 11.6 Å². The molecule has 0 spiro atoms. The van der Waals surface area contributed by atoms with E-state index in [4.69, 9.17) is 11.6 Å². The summed E-state index contributed by atoms with van der Waals surface area (Å²) in [6.07, 6.45) is 1.03. The van der Waals surface area contributed by atoms with Crippen LogP contribution in [0.2, 0.25) is 5.02 Å². The first-order valence-corrected chi connectivity index (χ1v) is 8.01. The van der Waals surface area contributed by atoms with Gasteiger partial charge < -0.3 is 5.32 Å². The third-order valence-corrected chi connectivity index (χ3v) is 3.10. The van der Waals surface area contributed by atoms with Gasteiger partial charge in [-0.25, -0.2) is 8.42 Å². The number of hydrogen-bond acceptors (Lipinski definition) is 3. The van der Waals surface area contributed by atoms with Gasteiger partial charge in [0.1, 0.15) is 0 Å². The summed E-state index contributed by atoms with van der Waals surface area (Å²) in [5, 5.41) is 2.94. The lowest BCUT2D eigenvalue weighted by Gasteiger charge is -2.10. The molecule has 0 bridgehead atoms. The van der Waals surface area contributed by atoms with Crippen LogP contribution in [0.25, 0.3) is 0 Å². The minimum absolute atomic E-state index is 0.183. The highest BCUT2D eigenvalue weighted by Crippen LogP contribution is 2.23. The van der Waals surface area contributed by atoms with E-state index in [9.17, 15) is 13.2 Å². The zero-order valence-electron chi connectivity index (χ0n) is 11.0. The van der Waals surface area contributed by atoms with Gasteiger partial charge in [0.25, 0.3) is 5.91 Å². The first-order chi connectivity index (χ1) is 8.69. The van der Waals surface area contributed by atoms with E-state index in [1.165, 1.54) is 18.2 Å². The summed E-state index contributed by atoms with van der Waals surface area (Å²) in [6.45, 7) is 4.55. The molecule has 0 atom stereocenters. The van der Waals surface area contributed by atoms with Crippen molar-refractivity contribution in [2.24, 2.45) is 5.92 Å². The van der Waals surface area contributed by atoms with Crippen molar-refractivity contribution in [3.8, 4) is 0 Å². The van der Waals surface area contributed by atoms with Gasteiger partial charge in [-0.15, -0.1) is 0 Å². The molecular weight excluding hydrogens is 288 g/mol. The Bertz CT molecular complexity index is 570. The lowest BCUT2D eigenvalue weighted by atomic mass is 10.1. The lowest BCUT2D eigenvalue weighted by Crippen LogP contribution is -2.27. The predicted molar refractivity (Wildman–Crippen MR) is 77.1 cm³/mol. The number of anilines is 1. The van der Waals surface area contributed by atoms with Gasteiger partial charge in [0, 0.05) is 12.1 Å². The average Bonchev–Trinajstić information content (AvgIpc) is 2.27. The molecule has 0 fully saturated rings. The van der Waals surface area contributed by atoms with Crippen molar-refractivity contribution in [2.45, 2.75) is 13.8 Å². The SMILES string of the molecule is CC(C)CNC(=O)c1ccc(NS(C)(=O)=O)c(Cl)c1. The molecule has 0 radical (unpaired) electrons. The molecule has 0 unspecified atom stereocenters. The van der Waals surface area contributed by atoms with E-state index >= 15 is 0 Å². The van der Waals surface area contributed by atoms with E-state index in [1.807, 2.05) is 13.8 Å². The smallest absolute Gasteiger partial charge is 0.251 e. The number of amides is 1. The Morgan fingerprint density at radius 1 is 1.37 bits per heavy atom. The second-order valence-corrected chi connectivity index (χ2v) is 6.83. The maximum Gasteiger partial charge on any atom is 0.251 e. The van der Waals surface area contributed by atoms with Crippen molar-refractivity contribution < 1.29 is 13.2 Å². The summed E-state index contributed by atoms with van der Waals surface area (Å²) in [5.74, 6) is 0.118. The first kappa shape index (κ1) is 15.8. The molecule has 19 heavy (non-hydrogen) atoms. The van der Waals surface area contributed by atoms with E-state index in [-0.39, 0.29) is 16.6 Å². The maximum atomic E-state index is 11.8. The van der Waals surface area contributed by atoms with E-state index in [0.29, 0.717) is 18.0 Å². The number of nitrogens with one attached hydrogen (secondary N) is 2. The van der Waals surface area contributed by atoms with Crippen LogP contribution in [0.4, 0.5) is 5.69 Å². The van der Waals surface area contributed by atoms with Crippen molar-refractivity contribution >= 4 is 33.2 Å². The fraction of sp³-hybridized carbons (Fsp3) is 0.417. The van der Waals surface area contributed by atoms with Crippen LogP contribution in [0.5, 0.6) is 0 Å². The first-order valence-electron chi connectivity index (χ1n) is 5.74. The van der Waals surface area contributed by atoms with Crippen molar-refractivity contribution in [3.63, 3.8) is 0 Å². The average molecular weight is 305 g/mol. The zero-order chi connectivity index (χ0) is 14.6. The van der Waals surface area contributed by atoms with Crippen LogP contribution in [-0.4, -0.2) is 27.1 Å². The molecule has 0 aliphatic heterocycles. The van der Waals surface area contributed by atoms with Crippen LogP contribution in [0, 0.1) is 5.92 Å². The molecule has 0 heterocycles. The number of carbonyl (C=O) groups is 1. The molecule has 106 valence electrons. The molecule has 0 saturated carbocycles. The fourth-order valence-corrected chi connectivity index (χ4v) is 2.20. The van der Waals surface area contributed by atoms with Crippen LogP contribution in [-0.2, 0) is 10.0 Å². The minimum Gasteiger partial charge on any atom is -0.352 e. The molecule has 2 N–H and O–H groups in total. The Labute approximate surface area is 118 Å². The summed E-state index contributed by atoms with van der Waals surface area (Å²) in [7, 11) is -3.39. The summed E-state index contributed by atoms with van der Waals surface area (Å²) >= 11 is 5.94. The van der Waals surface area contributed by atoms with Crippen LogP contribution in [0.3, 0.4) is 0 Å². The summed E-state index contributed by atoms with van der Waals surface area (Å²) in [6, 6.07) is 4.42. The molecule has 0 saturated heterocycles. The largest absolute Gasteiger partial charge is 0.352 e. The van der Waals surface area contributed by atoms with E-state index in [2.05, 4.69) is 10.0 Å². The van der Waals surface area contributed by atoms with Gasteiger partial charge in [-0.05, 0) is 24.1 Å². The van der Waals surface area contributed by atoms with Gasteiger partial charge in [0.05, 0.1) is 17.0 Å². The van der Waals surface area contributed by atoms with Gasteiger partial charge in [0.15, 0.2) is 0 Å². The quantitative estimate of drug-likeness (QED) is 0.874. The highest BCUT2D eigenvalue weighted by atomic mass is 35.5. The second-order valence-electron chi connectivity index (χ2n) is 4.67. The third kappa shape index (κ3) is 5.48. The monoisotopic (exact) mass is 304 g/mol. The van der Waals surface area contributed by atoms with Crippen LogP contribution in [0.15, 0.2) is 18.2 Å². The number of carbonyl (C=O) groups excluding carboxylic acids is 1. The summed E-state index contributed by atoms with van der Waals surface area (Å²) in [5.41, 5.74) is 0.647. The van der Waals surface area contributed by atoms with Gasteiger partial charge in [-0.3, -0.25) is 9.52 Å².